The molecule has 118 valence electrons. The maximum absolute atomic E-state index is 11.0. The normalized spacial score (nSPS) is 11.3. The van der Waals surface area contributed by atoms with Crippen molar-refractivity contribution in [3.05, 3.63) is 0 Å². The fourth-order valence-electron chi connectivity index (χ4n) is 1.93. The Bertz CT molecular complexity index is 281. The molecule has 2 radical (unpaired) electrons. The Morgan fingerprint density at radius 2 is 1.15 bits per heavy atom. The minimum Gasteiger partial charge on any atom is -0.248 e. The number of unbranched alkanes of at least 4 members (excludes halogenated alkanes) is 9. The highest BCUT2D eigenvalue weighted by Gasteiger charge is 2.09. The van der Waals surface area contributed by atoms with E-state index in [1.165, 1.54) is 44.9 Å². The fourth-order valence-corrected chi connectivity index (χ4v) is 2.61. The van der Waals surface area contributed by atoms with Crippen LogP contribution in [0.2, 0.25) is 0 Å². The molecule has 0 atom stereocenters. The van der Waals surface area contributed by atoms with Gasteiger partial charge in [-0.15, -0.1) is 0 Å². The van der Waals surface area contributed by atoms with Crippen molar-refractivity contribution in [2.24, 2.45) is 0 Å². The van der Waals surface area contributed by atoms with Gasteiger partial charge in [0, 0.05) is 23.1 Å². The van der Waals surface area contributed by atoms with E-state index >= 15 is 0 Å². The van der Waals surface area contributed by atoms with E-state index in [1.54, 1.807) is 6.92 Å². The molecule has 0 aromatic heterocycles. The van der Waals surface area contributed by atoms with Gasteiger partial charge in [0.25, 0.3) is 0 Å². The van der Waals surface area contributed by atoms with Gasteiger partial charge in [-0.3, -0.25) is 0 Å². The van der Waals surface area contributed by atoms with Crippen LogP contribution in [0.25, 0.3) is 0 Å². The predicted octanol–water partition coefficient (Wildman–Crippen LogP) is 3.82. The number of hydrogen-bond acceptors (Lipinski definition) is 4. The summed E-state index contributed by atoms with van der Waals surface area (Å²) < 4.78 is 31.3. The number of hydrogen-bond donors (Lipinski definition) is 0. The summed E-state index contributed by atoms with van der Waals surface area (Å²) in [4.78, 5) is 0. The minimum atomic E-state index is -3.74. The third-order valence-electron chi connectivity index (χ3n) is 2.99. The van der Waals surface area contributed by atoms with E-state index in [0.29, 0.717) is 0 Å². The van der Waals surface area contributed by atoms with Crippen LogP contribution in [0.3, 0.4) is 0 Å². The summed E-state index contributed by atoms with van der Waals surface area (Å²) in [7, 11) is -3.74. The van der Waals surface area contributed by atoms with Gasteiger partial charge >= 0.3 is 10.4 Å². The summed E-state index contributed by atoms with van der Waals surface area (Å²) in [6.07, 6.45) is 12.2. The van der Waals surface area contributed by atoms with Gasteiger partial charge in [0.15, 0.2) is 0 Å². The van der Waals surface area contributed by atoms with Crippen LogP contribution in [0.5, 0.6) is 0 Å². The molecule has 0 aliphatic carbocycles. The Hall–Kier alpha value is 0.636. The smallest absolute Gasteiger partial charge is 0.248 e. The third kappa shape index (κ3) is 16.7. The van der Waals surface area contributed by atoms with Crippen molar-refractivity contribution in [1.82, 2.24) is 0 Å². The zero-order chi connectivity index (χ0) is 14.4. The van der Waals surface area contributed by atoms with Crippen LogP contribution in [0.15, 0.2) is 0 Å². The van der Waals surface area contributed by atoms with Crippen molar-refractivity contribution in [2.75, 3.05) is 13.2 Å². The van der Waals surface area contributed by atoms with Crippen molar-refractivity contribution in [1.29, 1.82) is 0 Å². The summed E-state index contributed by atoms with van der Waals surface area (Å²) >= 11 is 0. The maximum atomic E-state index is 11.0. The largest absolute Gasteiger partial charge is 0.399 e. The van der Waals surface area contributed by atoms with Gasteiger partial charge < -0.3 is 0 Å². The Morgan fingerprint density at radius 3 is 1.60 bits per heavy atom. The lowest BCUT2D eigenvalue weighted by atomic mass is 10.1. The van der Waals surface area contributed by atoms with Crippen molar-refractivity contribution in [2.45, 2.75) is 78.1 Å². The topological polar surface area (TPSA) is 52.6 Å². The molecule has 0 unspecified atom stereocenters. The molecule has 0 bridgehead atoms. The summed E-state index contributed by atoms with van der Waals surface area (Å²) in [5.74, 6) is 0. The molecule has 0 rings (SSSR count). The van der Waals surface area contributed by atoms with Crippen LogP contribution in [-0.4, -0.2) is 44.7 Å². The average Bonchev–Trinajstić information content (AvgIpc) is 2.36. The lowest BCUT2D eigenvalue weighted by Gasteiger charge is -2.04. The molecule has 0 N–H and O–H groups in total. The summed E-state index contributed by atoms with van der Waals surface area (Å²) in [6.45, 7) is 4.22. The third-order valence-corrected chi connectivity index (χ3v) is 3.97. The van der Waals surface area contributed by atoms with Gasteiger partial charge in [0.1, 0.15) is 0 Å². The predicted molar refractivity (Wildman–Crippen MR) is 84.1 cm³/mol. The minimum absolute atomic E-state index is 0. The Morgan fingerprint density at radius 1 is 0.700 bits per heavy atom. The highest BCUT2D eigenvalue weighted by Crippen LogP contribution is 2.10. The summed E-state index contributed by atoms with van der Waals surface area (Å²) in [5.41, 5.74) is 0. The first kappa shape index (κ1) is 22.9. The van der Waals surface area contributed by atoms with E-state index in [1.807, 2.05) is 0 Å². The van der Waals surface area contributed by atoms with Crippen LogP contribution in [0.1, 0.15) is 78.1 Å². The zero-order valence-electron chi connectivity index (χ0n) is 13.2. The molecule has 0 aliphatic heterocycles. The Labute approximate surface area is 141 Å². The molecule has 0 fully saturated rings. The molecule has 0 aliphatic rings. The fraction of sp³-hybridized carbons (Fsp3) is 1.00. The molecule has 4 nitrogen and oxygen atoms in total. The second-order valence-corrected chi connectivity index (χ2v) is 6.11. The molecule has 0 aromatic carbocycles. The number of rotatable bonds is 14. The second-order valence-electron chi connectivity index (χ2n) is 4.82. The van der Waals surface area contributed by atoms with E-state index < -0.39 is 10.4 Å². The second kappa shape index (κ2) is 16.0. The highest BCUT2D eigenvalue weighted by molar-refractivity contribution is 7.81. The summed E-state index contributed by atoms with van der Waals surface area (Å²) in [5, 5.41) is 0. The molecular formula is C14H30MgO4S. The molecule has 0 heterocycles. The highest BCUT2D eigenvalue weighted by atomic mass is 32.3. The summed E-state index contributed by atoms with van der Waals surface area (Å²) in [6, 6.07) is 0. The van der Waals surface area contributed by atoms with Crippen molar-refractivity contribution in [3.8, 4) is 0 Å². The maximum Gasteiger partial charge on any atom is 0.399 e. The molecular weight excluding hydrogens is 289 g/mol. The van der Waals surface area contributed by atoms with Crippen LogP contribution < -0.4 is 0 Å². The van der Waals surface area contributed by atoms with Gasteiger partial charge in [-0.05, 0) is 13.3 Å². The molecule has 6 heteroatoms. The SMILES string of the molecule is CCCCCCCCCCCCOS(=O)(=O)OCC.[Mg]. The zero-order valence-corrected chi connectivity index (χ0v) is 15.5. The Balaban J connectivity index is 0. The lowest BCUT2D eigenvalue weighted by Crippen LogP contribution is -2.10. The van der Waals surface area contributed by atoms with Gasteiger partial charge in [-0.2, -0.15) is 8.42 Å². The van der Waals surface area contributed by atoms with E-state index in [4.69, 9.17) is 4.18 Å². The average molecular weight is 319 g/mol. The molecule has 0 saturated heterocycles. The monoisotopic (exact) mass is 318 g/mol. The van der Waals surface area contributed by atoms with Crippen LogP contribution in [0, 0.1) is 0 Å². The Kier molecular flexibility index (Phi) is 18.3. The van der Waals surface area contributed by atoms with Crippen molar-refractivity contribution in [3.63, 3.8) is 0 Å². The van der Waals surface area contributed by atoms with Gasteiger partial charge in [-0.25, -0.2) is 8.37 Å². The molecule has 0 saturated carbocycles. The van der Waals surface area contributed by atoms with E-state index in [0.717, 1.165) is 19.3 Å². The van der Waals surface area contributed by atoms with Crippen LogP contribution >= 0.6 is 0 Å². The van der Waals surface area contributed by atoms with Gasteiger partial charge in [0.2, 0.25) is 0 Å². The van der Waals surface area contributed by atoms with Gasteiger partial charge in [-0.1, -0.05) is 64.7 Å². The first-order valence-corrected chi connectivity index (χ1v) is 8.99. The first-order valence-electron chi connectivity index (χ1n) is 7.66. The lowest BCUT2D eigenvalue weighted by molar-refractivity contribution is 0.218. The van der Waals surface area contributed by atoms with Crippen LogP contribution in [0.4, 0.5) is 0 Å². The van der Waals surface area contributed by atoms with E-state index in [-0.39, 0.29) is 36.3 Å². The first-order chi connectivity index (χ1) is 9.12. The molecule has 0 spiro atoms. The van der Waals surface area contributed by atoms with Gasteiger partial charge in [0.05, 0.1) is 13.2 Å². The van der Waals surface area contributed by atoms with Crippen molar-refractivity contribution < 1.29 is 16.8 Å². The quantitative estimate of drug-likeness (QED) is 0.361. The molecule has 20 heavy (non-hydrogen) atoms. The van der Waals surface area contributed by atoms with E-state index in [9.17, 15) is 8.42 Å². The van der Waals surface area contributed by atoms with E-state index in [2.05, 4.69) is 11.1 Å². The standard InChI is InChI=1S/C14H30O4S.Mg/c1-3-5-6-7-8-9-10-11-12-13-14-18-19(15,16)17-4-2;/h3-14H2,1-2H3;. The molecule has 0 amide bonds. The molecule has 0 aromatic rings. The van der Waals surface area contributed by atoms with Crippen LogP contribution in [-0.2, 0) is 18.8 Å². The van der Waals surface area contributed by atoms with Crippen molar-refractivity contribution >= 4 is 33.5 Å².